The predicted molar refractivity (Wildman–Crippen MR) is 101 cm³/mol. The van der Waals surface area contributed by atoms with Crippen molar-refractivity contribution in [3.05, 3.63) is 16.0 Å². The van der Waals surface area contributed by atoms with Gasteiger partial charge >= 0.3 is 5.97 Å². The third-order valence-electron chi connectivity index (χ3n) is 4.38. The molecular weight excluding hydrogens is 356 g/mol. The van der Waals surface area contributed by atoms with E-state index in [1.54, 1.807) is 13.8 Å². The van der Waals surface area contributed by atoms with Crippen LogP contribution in [0.3, 0.4) is 0 Å². The van der Waals surface area contributed by atoms with Crippen molar-refractivity contribution in [1.29, 1.82) is 0 Å². The van der Waals surface area contributed by atoms with Crippen LogP contribution in [0.1, 0.15) is 39.4 Å². The van der Waals surface area contributed by atoms with Crippen LogP contribution in [0.5, 0.6) is 0 Å². The number of ether oxygens (including phenoxy) is 1. The Kier molecular flexibility index (Phi) is 7.13. The monoisotopic (exact) mass is 382 g/mol. The molecule has 1 aromatic heterocycles. The van der Waals surface area contributed by atoms with Crippen molar-refractivity contribution < 1.29 is 19.1 Å². The number of nitrogens with zero attached hydrogens (tertiary/aromatic N) is 2. The van der Waals surface area contributed by atoms with Gasteiger partial charge in [-0.3, -0.25) is 14.5 Å². The van der Waals surface area contributed by atoms with E-state index in [9.17, 15) is 14.4 Å². The fourth-order valence-corrected chi connectivity index (χ4v) is 3.98. The van der Waals surface area contributed by atoms with Gasteiger partial charge in [-0.1, -0.05) is 6.92 Å². The molecule has 2 amide bonds. The van der Waals surface area contributed by atoms with Crippen molar-refractivity contribution in [2.45, 2.75) is 20.8 Å². The summed E-state index contributed by atoms with van der Waals surface area (Å²) in [5.41, 5.74) is 6.01. The number of hydrogen-bond acceptors (Lipinski definition) is 7. The Balaban J connectivity index is 2.10. The normalized spacial score (nSPS) is 15.7. The number of esters is 1. The van der Waals surface area contributed by atoms with Crippen LogP contribution in [0.15, 0.2) is 0 Å². The van der Waals surface area contributed by atoms with E-state index in [-0.39, 0.29) is 29.5 Å². The molecular formula is C17H26N4O4S. The second-order valence-electron chi connectivity index (χ2n) is 6.10. The van der Waals surface area contributed by atoms with Crippen molar-refractivity contribution in [2.75, 3.05) is 51.2 Å². The van der Waals surface area contributed by atoms with Crippen LogP contribution < -0.4 is 11.1 Å². The highest BCUT2D eigenvalue weighted by Crippen LogP contribution is 2.33. The number of rotatable bonds is 7. The summed E-state index contributed by atoms with van der Waals surface area (Å²) in [4.78, 5) is 40.9. The fourth-order valence-electron chi connectivity index (χ4n) is 2.92. The number of amides is 2. The quantitative estimate of drug-likeness (QED) is 0.679. The topological polar surface area (TPSA) is 105 Å². The predicted octanol–water partition coefficient (Wildman–Crippen LogP) is 0.908. The highest BCUT2D eigenvalue weighted by molar-refractivity contribution is 7.18. The standard InChI is InChI=1S/C17H26N4O4S/c1-4-20-6-8-21(9-7-20)10-12(22)19-16-13(17(24)25-5-2)11(3)14(26-16)15(18)23/h4-10H2,1-3H3,(H2,18,23)(H,19,22). The lowest BCUT2D eigenvalue weighted by atomic mass is 10.1. The van der Waals surface area contributed by atoms with Crippen molar-refractivity contribution in [3.63, 3.8) is 0 Å². The molecule has 1 aliphatic rings. The number of thiophene rings is 1. The SMILES string of the molecule is CCOC(=O)c1c(NC(=O)CN2CCN(CC)CC2)sc(C(N)=O)c1C. The Morgan fingerprint density at radius 3 is 2.31 bits per heavy atom. The molecule has 2 heterocycles. The summed E-state index contributed by atoms with van der Waals surface area (Å²) in [6.07, 6.45) is 0. The number of carbonyl (C=O) groups is 3. The van der Waals surface area contributed by atoms with Gasteiger partial charge in [0.1, 0.15) is 5.00 Å². The Morgan fingerprint density at radius 1 is 1.15 bits per heavy atom. The number of hydrogen-bond donors (Lipinski definition) is 2. The maximum atomic E-state index is 12.4. The molecule has 0 aromatic carbocycles. The summed E-state index contributed by atoms with van der Waals surface area (Å²) in [6.45, 7) is 10.4. The molecule has 0 atom stereocenters. The third-order valence-corrected chi connectivity index (χ3v) is 5.60. The molecule has 1 fully saturated rings. The average molecular weight is 382 g/mol. The number of nitrogens with one attached hydrogen (secondary N) is 1. The molecule has 0 spiro atoms. The average Bonchev–Trinajstić information content (AvgIpc) is 2.92. The Bertz CT molecular complexity index is 681. The summed E-state index contributed by atoms with van der Waals surface area (Å²) in [5.74, 6) is -1.42. The van der Waals surface area contributed by atoms with Gasteiger partial charge in [0.2, 0.25) is 5.91 Å². The van der Waals surface area contributed by atoms with Gasteiger partial charge in [-0.05, 0) is 26.0 Å². The smallest absolute Gasteiger partial charge is 0.341 e. The Hall–Kier alpha value is -1.97. The summed E-state index contributed by atoms with van der Waals surface area (Å²) in [7, 11) is 0. The van der Waals surface area contributed by atoms with Crippen LogP contribution in [-0.2, 0) is 9.53 Å². The number of nitrogens with two attached hydrogens (primary N) is 1. The zero-order valence-corrected chi connectivity index (χ0v) is 16.3. The first kappa shape index (κ1) is 20.3. The minimum atomic E-state index is -0.630. The van der Waals surface area contributed by atoms with E-state index in [0.29, 0.717) is 10.6 Å². The van der Waals surface area contributed by atoms with Crippen molar-refractivity contribution in [3.8, 4) is 0 Å². The largest absolute Gasteiger partial charge is 0.462 e. The van der Waals surface area contributed by atoms with Gasteiger partial charge < -0.3 is 20.7 Å². The molecule has 1 aromatic rings. The number of piperazine rings is 1. The zero-order valence-electron chi connectivity index (χ0n) is 15.5. The molecule has 2 rings (SSSR count). The van der Waals surface area contributed by atoms with Crippen molar-refractivity contribution in [1.82, 2.24) is 9.80 Å². The second-order valence-corrected chi connectivity index (χ2v) is 7.12. The van der Waals surface area contributed by atoms with E-state index in [4.69, 9.17) is 10.5 Å². The lowest BCUT2D eigenvalue weighted by Crippen LogP contribution is -2.48. The van der Waals surface area contributed by atoms with Crippen LogP contribution in [0.25, 0.3) is 0 Å². The molecule has 0 unspecified atom stereocenters. The Labute approximate surface area is 157 Å². The highest BCUT2D eigenvalue weighted by atomic mass is 32.1. The number of primary amides is 1. The molecule has 8 nitrogen and oxygen atoms in total. The van der Waals surface area contributed by atoms with E-state index in [0.717, 1.165) is 44.1 Å². The van der Waals surface area contributed by atoms with Gasteiger partial charge in [-0.25, -0.2) is 4.79 Å². The first-order valence-electron chi connectivity index (χ1n) is 8.72. The molecule has 1 aliphatic heterocycles. The van der Waals surface area contributed by atoms with Gasteiger partial charge in [0.05, 0.1) is 23.6 Å². The fraction of sp³-hybridized carbons (Fsp3) is 0.588. The molecule has 26 heavy (non-hydrogen) atoms. The number of anilines is 1. The van der Waals surface area contributed by atoms with E-state index in [2.05, 4.69) is 22.0 Å². The first-order valence-corrected chi connectivity index (χ1v) is 9.53. The van der Waals surface area contributed by atoms with E-state index in [1.807, 2.05) is 0 Å². The molecule has 3 N–H and O–H groups in total. The minimum Gasteiger partial charge on any atom is -0.462 e. The number of carbonyl (C=O) groups excluding carboxylic acids is 3. The minimum absolute atomic E-state index is 0.203. The van der Waals surface area contributed by atoms with Crippen LogP contribution in [0.2, 0.25) is 0 Å². The maximum Gasteiger partial charge on any atom is 0.341 e. The van der Waals surface area contributed by atoms with Gasteiger partial charge in [-0.2, -0.15) is 0 Å². The van der Waals surface area contributed by atoms with E-state index in [1.165, 1.54) is 0 Å². The van der Waals surface area contributed by atoms with E-state index >= 15 is 0 Å². The zero-order chi connectivity index (χ0) is 19.3. The first-order chi connectivity index (χ1) is 12.4. The van der Waals surface area contributed by atoms with Crippen molar-refractivity contribution >= 4 is 34.1 Å². The molecule has 144 valence electrons. The van der Waals surface area contributed by atoms with Crippen LogP contribution in [0.4, 0.5) is 5.00 Å². The lowest BCUT2D eigenvalue weighted by Gasteiger charge is -2.33. The summed E-state index contributed by atoms with van der Waals surface area (Å²) >= 11 is 1.01. The third kappa shape index (κ3) is 4.80. The summed E-state index contributed by atoms with van der Waals surface area (Å²) in [6, 6.07) is 0. The summed E-state index contributed by atoms with van der Waals surface area (Å²) < 4.78 is 5.05. The molecule has 0 aliphatic carbocycles. The van der Waals surface area contributed by atoms with Crippen LogP contribution in [0, 0.1) is 6.92 Å². The Morgan fingerprint density at radius 2 is 1.77 bits per heavy atom. The summed E-state index contributed by atoms with van der Waals surface area (Å²) in [5, 5.41) is 3.07. The van der Waals surface area contributed by atoms with Gasteiger partial charge in [-0.15, -0.1) is 11.3 Å². The molecule has 0 radical (unpaired) electrons. The van der Waals surface area contributed by atoms with Gasteiger partial charge in [0.25, 0.3) is 5.91 Å². The van der Waals surface area contributed by atoms with E-state index < -0.39 is 11.9 Å². The van der Waals surface area contributed by atoms with Gasteiger partial charge in [0.15, 0.2) is 0 Å². The van der Waals surface area contributed by atoms with Crippen LogP contribution >= 0.6 is 11.3 Å². The number of likely N-dealkylation sites (N-methyl/N-ethyl adjacent to an activating group) is 1. The highest BCUT2D eigenvalue weighted by Gasteiger charge is 2.26. The second kappa shape index (κ2) is 9.11. The lowest BCUT2D eigenvalue weighted by molar-refractivity contribution is -0.117. The molecule has 9 heteroatoms. The van der Waals surface area contributed by atoms with Gasteiger partial charge in [0, 0.05) is 26.2 Å². The molecule has 1 saturated heterocycles. The maximum absolute atomic E-state index is 12.4. The van der Waals surface area contributed by atoms with Crippen LogP contribution in [-0.4, -0.2) is 73.5 Å². The molecule has 0 saturated carbocycles. The molecule has 0 bridgehead atoms. The van der Waals surface area contributed by atoms with Crippen molar-refractivity contribution in [2.24, 2.45) is 5.73 Å².